The molecule has 1 unspecified atom stereocenters. The standard InChI is InChI=1S/C14H18F3N3OS/c15-14(16,17)11-3-1-2-10(6-11)7-19-12(18)20-8-13(21)4-5-22-9-13/h1-3,6,21H,4-5,7-9H2,(H3,18,19,20). The van der Waals surface area contributed by atoms with Gasteiger partial charge in [-0.15, -0.1) is 0 Å². The van der Waals surface area contributed by atoms with E-state index in [0.717, 1.165) is 17.9 Å². The SMILES string of the molecule is NC(=NCc1cccc(C(F)(F)F)c1)NCC1(O)CCSC1. The van der Waals surface area contributed by atoms with Gasteiger partial charge in [0.15, 0.2) is 5.96 Å². The van der Waals surface area contributed by atoms with Crippen LogP contribution in [0.5, 0.6) is 0 Å². The fraction of sp³-hybridized carbons (Fsp3) is 0.500. The lowest BCUT2D eigenvalue weighted by atomic mass is 10.0. The van der Waals surface area contributed by atoms with Crippen molar-refractivity contribution in [1.29, 1.82) is 0 Å². The molecular weight excluding hydrogens is 315 g/mol. The van der Waals surface area contributed by atoms with Crippen LogP contribution in [0.3, 0.4) is 0 Å². The smallest absolute Gasteiger partial charge is 0.387 e. The van der Waals surface area contributed by atoms with Gasteiger partial charge in [0.05, 0.1) is 17.7 Å². The Morgan fingerprint density at radius 2 is 2.23 bits per heavy atom. The third kappa shape index (κ3) is 4.81. The molecule has 0 amide bonds. The van der Waals surface area contributed by atoms with E-state index in [1.54, 1.807) is 17.8 Å². The van der Waals surface area contributed by atoms with E-state index in [0.29, 0.717) is 17.7 Å². The molecule has 1 aliphatic rings. The lowest BCUT2D eigenvalue weighted by molar-refractivity contribution is -0.137. The highest BCUT2D eigenvalue weighted by Gasteiger charge is 2.31. The molecule has 22 heavy (non-hydrogen) atoms. The van der Waals surface area contributed by atoms with E-state index in [1.165, 1.54) is 6.07 Å². The highest BCUT2D eigenvalue weighted by Crippen LogP contribution is 2.29. The third-order valence-corrected chi connectivity index (χ3v) is 4.60. The number of hydrogen-bond acceptors (Lipinski definition) is 3. The summed E-state index contributed by atoms with van der Waals surface area (Å²) in [5.74, 6) is 1.66. The number of aliphatic imine (C=N–C) groups is 1. The van der Waals surface area contributed by atoms with E-state index in [4.69, 9.17) is 5.73 Å². The van der Waals surface area contributed by atoms with Gasteiger partial charge in [-0.3, -0.25) is 0 Å². The van der Waals surface area contributed by atoms with Crippen molar-refractivity contribution in [1.82, 2.24) is 5.32 Å². The summed E-state index contributed by atoms with van der Waals surface area (Å²) in [6, 6.07) is 4.98. The first-order valence-corrected chi connectivity index (χ1v) is 7.94. The van der Waals surface area contributed by atoms with Crippen molar-refractivity contribution in [3.8, 4) is 0 Å². The summed E-state index contributed by atoms with van der Waals surface area (Å²) >= 11 is 1.67. The molecule has 1 aromatic rings. The van der Waals surface area contributed by atoms with Crippen LogP contribution in [0.1, 0.15) is 17.5 Å². The Balaban J connectivity index is 1.90. The number of rotatable bonds is 4. The largest absolute Gasteiger partial charge is 0.416 e. The molecule has 0 aliphatic carbocycles. The van der Waals surface area contributed by atoms with Crippen LogP contribution in [0, 0.1) is 0 Å². The average molecular weight is 333 g/mol. The first-order valence-electron chi connectivity index (χ1n) is 6.79. The lowest BCUT2D eigenvalue weighted by Crippen LogP contribution is -2.45. The van der Waals surface area contributed by atoms with Crippen LogP contribution >= 0.6 is 11.8 Å². The molecule has 1 fully saturated rings. The Kier molecular flexibility index (Phi) is 5.23. The van der Waals surface area contributed by atoms with Crippen molar-refractivity contribution in [3.05, 3.63) is 35.4 Å². The molecule has 2 rings (SSSR count). The van der Waals surface area contributed by atoms with Gasteiger partial charge in [-0.25, -0.2) is 4.99 Å². The Labute approximate surface area is 131 Å². The van der Waals surface area contributed by atoms with Crippen LogP contribution in [0.15, 0.2) is 29.3 Å². The number of alkyl halides is 3. The number of hydrogen-bond donors (Lipinski definition) is 3. The first kappa shape index (κ1) is 17.0. The topological polar surface area (TPSA) is 70.6 Å². The second kappa shape index (κ2) is 6.78. The average Bonchev–Trinajstić information content (AvgIpc) is 2.90. The Morgan fingerprint density at radius 3 is 2.86 bits per heavy atom. The van der Waals surface area contributed by atoms with Crippen molar-refractivity contribution in [3.63, 3.8) is 0 Å². The molecule has 1 atom stereocenters. The minimum atomic E-state index is -4.37. The first-order chi connectivity index (χ1) is 10.3. The highest BCUT2D eigenvalue weighted by atomic mass is 32.2. The summed E-state index contributed by atoms with van der Waals surface area (Å²) < 4.78 is 37.8. The quantitative estimate of drug-likeness (QED) is 0.582. The predicted molar refractivity (Wildman–Crippen MR) is 81.7 cm³/mol. The van der Waals surface area contributed by atoms with Gasteiger partial charge in [0, 0.05) is 12.3 Å². The van der Waals surface area contributed by atoms with Gasteiger partial charge in [0.2, 0.25) is 0 Å². The van der Waals surface area contributed by atoms with Crippen LogP contribution in [0.25, 0.3) is 0 Å². The zero-order valence-corrected chi connectivity index (χ0v) is 12.7. The molecule has 1 aromatic carbocycles. The number of thioether (sulfide) groups is 1. The zero-order valence-electron chi connectivity index (χ0n) is 11.9. The number of benzene rings is 1. The molecule has 122 valence electrons. The van der Waals surface area contributed by atoms with E-state index < -0.39 is 17.3 Å². The number of guanidine groups is 1. The predicted octanol–water partition coefficient (Wildman–Crippen LogP) is 1.98. The van der Waals surface area contributed by atoms with Gasteiger partial charge < -0.3 is 16.2 Å². The fourth-order valence-corrected chi connectivity index (χ4v) is 3.36. The molecule has 0 spiro atoms. The van der Waals surface area contributed by atoms with Crippen molar-refractivity contribution in [2.75, 3.05) is 18.1 Å². The summed E-state index contributed by atoms with van der Waals surface area (Å²) in [4.78, 5) is 4.01. The molecule has 1 heterocycles. The Hall–Kier alpha value is -1.41. The summed E-state index contributed by atoms with van der Waals surface area (Å²) in [5.41, 5.74) is 4.61. The van der Waals surface area contributed by atoms with E-state index in [1.807, 2.05) is 0 Å². The normalized spacial score (nSPS) is 22.8. The van der Waals surface area contributed by atoms with Crippen LogP contribution in [0.4, 0.5) is 13.2 Å². The second-order valence-corrected chi connectivity index (χ2v) is 6.39. The van der Waals surface area contributed by atoms with E-state index in [2.05, 4.69) is 10.3 Å². The summed E-state index contributed by atoms with van der Waals surface area (Å²) in [7, 11) is 0. The maximum absolute atomic E-state index is 12.6. The van der Waals surface area contributed by atoms with Gasteiger partial charge in [-0.2, -0.15) is 24.9 Å². The number of nitrogens with zero attached hydrogens (tertiary/aromatic N) is 1. The van der Waals surface area contributed by atoms with Gasteiger partial charge in [0.25, 0.3) is 0 Å². The number of nitrogens with one attached hydrogen (secondary N) is 1. The van der Waals surface area contributed by atoms with E-state index >= 15 is 0 Å². The van der Waals surface area contributed by atoms with Gasteiger partial charge >= 0.3 is 6.18 Å². The van der Waals surface area contributed by atoms with Crippen LogP contribution in [0.2, 0.25) is 0 Å². The minimum Gasteiger partial charge on any atom is -0.387 e. The number of nitrogens with two attached hydrogens (primary N) is 1. The maximum atomic E-state index is 12.6. The lowest BCUT2D eigenvalue weighted by Gasteiger charge is -2.21. The van der Waals surface area contributed by atoms with Crippen molar-refractivity contribution in [2.24, 2.45) is 10.7 Å². The molecular formula is C14H18F3N3OS. The van der Waals surface area contributed by atoms with Crippen LogP contribution in [-0.2, 0) is 12.7 Å². The fourth-order valence-electron chi connectivity index (χ4n) is 2.07. The van der Waals surface area contributed by atoms with Gasteiger partial charge in [-0.05, 0) is 29.9 Å². The Morgan fingerprint density at radius 1 is 1.45 bits per heavy atom. The molecule has 4 N–H and O–H groups in total. The monoisotopic (exact) mass is 333 g/mol. The zero-order chi connectivity index (χ0) is 16.2. The number of aliphatic hydroxyl groups is 1. The highest BCUT2D eigenvalue weighted by molar-refractivity contribution is 7.99. The van der Waals surface area contributed by atoms with Crippen molar-refractivity contribution < 1.29 is 18.3 Å². The minimum absolute atomic E-state index is 0.0515. The molecule has 0 aromatic heterocycles. The summed E-state index contributed by atoms with van der Waals surface area (Å²) in [5, 5.41) is 13.0. The second-order valence-electron chi connectivity index (χ2n) is 5.28. The van der Waals surface area contributed by atoms with Gasteiger partial charge in [-0.1, -0.05) is 12.1 Å². The third-order valence-electron chi connectivity index (χ3n) is 3.37. The number of halogens is 3. The Bertz CT molecular complexity index is 542. The van der Waals surface area contributed by atoms with Crippen molar-refractivity contribution in [2.45, 2.75) is 24.7 Å². The van der Waals surface area contributed by atoms with Crippen molar-refractivity contribution >= 4 is 17.7 Å². The molecule has 1 aliphatic heterocycles. The van der Waals surface area contributed by atoms with Crippen LogP contribution < -0.4 is 11.1 Å². The van der Waals surface area contributed by atoms with E-state index in [-0.39, 0.29) is 19.0 Å². The molecule has 0 saturated carbocycles. The molecule has 4 nitrogen and oxygen atoms in total. The van der Waals surface area contributed by atoms with E-state index in [9.17, 15) is 18.3 Å². The summed E-state index contributed by atoms with van der Waals surface area (Å²) in [6.07, 6.45) is -3.68. The maximum Gasteiger partial charge on any atom is 0.416 e. The molecule has 0 radical (unpaired) electrons. The van der Waals surface area contributed by atoms with Gasteiger partial charge in [0.1, 0.15) is 0 Å². The summed E-state index contributed by atoms with van der Waals surface area (Å²) in [6.45, 7) is 0.341. The van der Waals surface area contributed by atoms with Crippen LogP contribution in [-0.4, -0.2) is 34.7 Å². The molecule has 0 bridgehead atoms. The molecule has 8 heteroatoms. The molecule has 1 saturated heterocycles.